The predicted octanol–water partition coefficient (Wildman–Crippen LogP) is 0.828. The highest BCUT2D eigenvalue weighted by molar-refractivity contribution is 5.88. The van der Waals surface area contributed by atoms with Gasteiger partial charge in [-0.15, -0.1) is 0 Å². The highest BCUT2D eigenvalue weighted by atomic mass is 16.6. The van der Waals surface area contributed by atoms with Crippen molar-refractivity contribution < 1.29 is 17.7 Å². The van der Waals surface area contributed by atoms with Crippen LogP contribution in [-0.2, 0) is 0 Å². The Hall–Kier alpha value is -1.71. The van der Waals surface area contributed by atoms with Crippen LogP contribution in [0.5, 0.6) is 11.5 Å². The minimum absolute atomic E-state index is 0.000377. The molecule has 0 radical (unpaired) electrons. The van der Waals surface area contributed by atoms with E-state index in [1.807, 2.05) is 0 Å². The van der Waals surface area contributed by atoms with Crippen LogP contribution in [0.25, 0.3) is 0 Å². The van der Waals surface area contributed by atoms with Crippen LogP contribution in [0.15, 0.2) is 29.2 Å². The molecule has 3 rings (SSSR count). The van der Waals surface area contributed by atoms with Gasteiger partial charge in [-0.1, -0.05) is 12.1 Å². The van der Waals surface area contributed by atoms with Crippen molar-refractivity contribution in [1.29, 1.82) is 0 Å². The molecule has 3 atom stereocenters. The van der Waals surface area contributed by atoms with Crippen molar-refractivity contribution in [3.8, 4) is 11.5 Å². The number of aliphatic imine (C=N–C) groups is 1. The first-order chi connectivity index (χ1) is 9.90. The number of para-hydroxylation sites is 2. The third-order valence-corrected chi connectivity index (χ3v) is 2.08. The van der Waals surface area contributed by atoms with Gasteiger partial charge in [0, 0.05) is 6.52 Å². The Bertz CT molecular complexity index is 638. The van der Waals surface area contributed by atoms with Crippen LogP contribution < -0.4 is 14.8 Å². The summed E-state index contributed by atoms with van der Waals surface area (Å²) in [6, 6.07) is -1.39. The number of hydrogen-bond acceptors (Lipinski definition) is 4. The zero-order valence-corrected chi connectivity index (χ0v) is 7.70. The van der Waals surface area contributed by atoms with Gasteiger partial charge >= 0.3 is 0 Å². The van der Waals surface area contributed by atoms with Crippen LogP contribution in [0.3, 0.4) is 0 Å². The van der Waals surface area contributed by atoms with Gasteiger partial charge in [0.2, 0.25) is 0 Å². The first kappa shape index (κ1) is 4.43. The van der Waals surface area contributed by atoms with Crippen molar-refractivity contribution in [2.24, 2.45) is 4.99 Å². The van der Waals surface area contributed by atoms with Gasteiger partial charge in [-0.25, -0.2) is 0 Å². The summed E-state index contributed by atoms with van der Waals surface area (Å²) >= 11 is 0. The fourth-order valence-electron chi connectivity index (χ4n) is 1.40. The van der Waals surface area contributed by atoms with Crippen LogP contribution in [0.4, 0.5) is 0 Å². The molecule has 1 unspecified atom stereocenters. The number of hydrogen-bond donors (Lipinski definition) is 1. The third kappa shape index (κ3) is 1.52. The first-order valence-corrected chi connectivity index (χ1v) is 4.48. The van der Waals surface area contributed by atoms with Gasteiger partial charge in [0.15, 0.2) is 17.6 Å². The number of fused-ring (bicyclic) bond motifs is 1. The monoisotopic (exact) mass is 210 g/mol. The average molecular weight is 210 g/mol. The molecule has 2 heterocycles. The molecule has 0 saturated carbocycles. The van der Waals surface area contributed by atoms with Crippen molar-refractivity contribution in [2.45, 2.75) is 6.10 Å². The van der Waals surface area contributed by atoms with Crippen LogP contribution >= 0.6 is 0 Å². The lowest BCUT2D eigenvalue weighted by Crippen LogP contribution is -2.42. The van der Waals surface area contributed by atoms with Crippen molar-refractivity contribution in [3.63, 3.8) is 0 Å². The molecule has 1 aromatic rings. The van der Waals surface area contributed by atoms with Crippen LogP contribution in [0.2, 0.25) is 0 Å². The summed E-state index contributed by atoms with van der Waals surface area (Å²) in [5, 5.41) is 2.70. The lowest BCUT2D eigenvalue weighted by Gasteiger charge is -2.26. The lowest BCUT2D eigenvalue weighted by molar-refractivity contribution is 0.133. The smallest absolute Gasteiger partial charge is 0.189 e. The Labute approximate surface area is 96.3 Å². The van der Waals surface area contributed by atoms with E-state index in [1.165, 1.54) is 0 Å². The molecule has 4 nitrogen and oxygen atoms in total. The van der Waals surface area contributed by atoms with E-state index in [0.717, 1.165) is 0 Å². The maximum absolute atomic E-state index is 7.82. The average Bonchev–Trinajstić information content (AvgIpc) is 2.82. The van der Waals surface area contributed by atoms with Gasteiger partial charge in [0.25, 0.3) is 0 Å². The van der Waals surface area contributed by atoms with E-state index in [9.17, 15) is 0 Å². The fourth-order valence-corrected chi connectivity index (χ4v) is 1.40. The molecule has 1 aromatic carbocycles. The number of rotatable bonds is 1. The maximum Gasteiger partial charge on any atom is 0.189 e. The first-order valence-electron chi connectivity index (χ1n) is 7.64. The van der Waals surface area contributed by atoms with Gasteiger partial charge in [-0.05, 0) is 12.1 Å². The minimum Gasteiger partial charge on any atom is -0.485 e. The van der Waals surface area contributed by atoms with Gasteiger partial charge in [0.1, 0.15) is 12.4 Å². The summed E-state index contributed by atoms with van der Waals surface area (Å²) in [5.41, 5.74) is 0. The summed E-state index contributed by atoms with van der Waals surface area (Å²) in [7, 11) is 0. The molecule has 0 saturated heterocycles. The largest absolute Gasteiger partial charge is 0.485 e. The minimum atomic E-state index is -0.949. The predicted molar refractivity (Wildman–Crippen MR) is 56.7 cm³/mol. The number of amidine groups is 1. The van der Waals surface area contributed by atoms with Crippen molar-refractivity contribution in [2.75, 3.05) is 19.6 Å². The number of nitrogens with zero attached hydrogens (tertiary/aromatic N) is 1. The van der Waals surface area contributed by atoms with Crippen molar-refractivity contribution in [3.05, 3.63) is 24.2 Å². The second-order valence-electron chi connectivity index (χ2n) is 3.05. The van der Waals surface area contributed by atoms with E-state index in [0.29, 0.717) is 0 Å². The highest BCUT2D eigenvalue weighted by Crippen LogP contribution is 2.31. The van der Waals surface area contributed by atoms with Gasteiger partial charge < -0.3 is 14.8 Å². The molecule has 0 spiro atoms. The topological polar surface area (TPSA) is 42.8 Å². The zero-order valence-electron chi connectivity index (χ0n) is 13.7. The molecule has 0 bridgehead atoms. The number of nitrogens with one attached hydrogen (secondary N) is 1. The summed E-state index contributed by atoms with van der Waals surface area (Å²) < 4.78 is 56.8. The van der Waals surface area contributed by atoms with E-state index in [2.05, 4.69) is 10.3 Å². The Balaban J connectivity index is 1.95. The lowest BCUT2D eigenvalue weighted by atomic mass is 10.2. The molecule has 0 amide bonds. The summed E-state index contributed by atoms with van der Waals surface area (Å²) in [4.78, 5) is 3.95. The van der Waals surface area contributed by atoms with E-state index in [-0.39, 0.29) is 42.1 Å². The molecule has 4 heteroatoms. The maximum atomic E-state index is 7.82. The SMILES string of the molecule is [2H]c1c([2H])c([2H])c2c(c1[2H])OCC(C1=N[C@H]([2H])[C@@H]([2H])N1)O2. The van der Waals surface area contributed by atoms with E-state index >= 15 is 0 Å². The normalized spacial score (nSPS) is 38.7. The zero-order chi connectivity index (χ0) is 15.3. The molecule has 2 aliphatic rings. The summed E-state index contributed by atoms with van der Waals surface area (Å²) in [6.07, 6.45) is -0.722. The third-order valence-electron chi connectivity index (χ3n) is 2.08. The molecule has 0 fully saturated rings. The van der Waals surface area contributed by atoms with Gasteiger partial charge in [-0.2, -0.15) is 0 Å². The quantitative estimate of drug-likeness (QED) is 0.746. The van der Waals surface area contributed by atoms with Crippen molar-refractivity contribution in [1.82, 2.24) is 5.32 Å². The summed E-state index contributed by atoms with van der Waals surface area (Å²) in [6.45, 7) is -1.83. The molecule has 78 valence electrons. The second kappa shape index (κ2) is 3.46. The molecule has 0 aliphatic carbocycles. The Morgan fingerprint density at radius 1 is 1.47 bits per heavy atom. The molecule has 1 N–H and O–H groups in total. The summed E-state index contributed by atoms with van der Waals surface area (Å²) in [5.74, 6) is 0.186. The second-order valence-corrected chi connectivity index (χ2v) is 3.05. The van der Waals surface area contributed by atoms with Gasteiger partial charge in [0.05, 0.1) is 14.7 Å². The standard InChI is InChI=1S/C11H12N2O2/c1-2-4-9-8(3-1)14-7-10(15-9)11-12-5-6-13-11/h1-4,10H,5-7H2,(H,12,13)/i1D,2D,3D,4D,5D,6D/t5-,6-,10?/m1/s1. The Morgan fingerprint density at radius 2 is 2.33 bits per heavy atom. The van der Waals surface area contributed by atoms with Gasteiger partial charge in [-0.3, -0.25) is 4.99 Å². The molecular formula is C11H12N2O2. The van der Waals surface area contributed by atoms with Crippen LogP contribution in [-0.4, -0.2) is 31.6 Å². The van der Waals surface area contributed by atoms with E-state index in [4.69, 9.17) is 17.7 Å². The number of benzene rings is 1. The van der Waals surface area contributed by atoms with Crippen LogP contribution in [0, 0.1) is 0 Å². The fraction of sp³-hybridized carbons (Fsp3) is 0.364. The molecule has 0 aromatic heterocycles. The van der Waals surface area contributed by atoms with Crippen LogP contribution in [0.1, 0.15) is 8.22 Å². The molecule has 15 heavy (non-hydrogen) atoms. The highest BCUT2D eigenvalue weighted by Gasteiger charge is 2.26. The Morgan fingerprint density at radius 3 is 3.13 bits per heavy atom. The van der Waals surface area contributed by atoms with E-state index < -0.39 is 25.2 Å². The Kier molecular flexibility index (Phi) is 1.02. The number of ether oxygens (including phenoxy) is 2. The van der Waals surface area contributed by atoms with E-state index in [1.54, 1.807) is 0 Å². The molecular weight excluding hydrogens is 192 g/mol. The van der Waals surface area contributed by atoms with Crippen molar-refractivity contribution >= 4 is 5.84 Å². The molecule has 2 aliphatic heterocycles.